The summed E-state index contributed by atoms with van der Waals surface area (Å²) < 4.78 is 1.51. The van der Waals surface area contributed by atoms with Crippen molar-refractivity contribution in [2.45, 2.75) is 0 Å². The van der Waals surface area contributed by atoms with Crippen molar-refractivity contribution in [2.75, 3.05) is 0 Å². The fourth-order valence-electron chi connectivity index (χ4n) is 0.942. The molecule has 0 atom stereocenters. The van der Waals surface area contributed by atoms with Crippen LogP contribution in [-0.4, -0.2) is 9.55 Å². The third kappa shape index (κ3) is 1.16. The van der Waals surface area contributed by atoms with Crippen LogP contribution >= 0.6 is 11.3 Å². The highest BCUT2D eigenvalue weighted by molar-refractivity contribution is 7.07. The maximum absolute atomic E-state index is 11.2. The van der Waals surface area contributed by atoms with E-state index in [-0.39, 0.29) is 5.56 Å². The Labute approximate surface area is 72.9 Å². The van der Waals surface area contributed by atoms with Gasteiger partial charge in [-0.1, -0.05) is 6.07 Å². The molecule has 2 aromatic heterocycles. The van der Waals surface area contributed by atoms with Crippen molar-refractivity contribution in [3.05, 3.63) is 45.6 Å². The molecule has 2 aromatic rings. The fourth-order valence-corrected chi connectivity index (χ4v) is 1.47. The van der Waals surface area contributed by atoms with E-state index < -0.39 is 0 Å². The highest BCUT2D eigenvalue weighted by Gasteiger charge is 1.97. The molecule has 0 aliphatic heterocycles. The van der Waals surface area contributed by atoms with Gasteiger partial charge in [0, 0.05) is 17.6 Å². The average molecular weight is 178 g/mol. The molecule has 0 saturated carbocycles. The Balaban J connectivity index is 2.63. The Morgan fingerprint density at radius 3 is 3.00 bits per heavy atom. The van der Waals surface area contributed by atoms with Crippen LogP contribution in [0.1, 0.15) is 0 Å². The minimum absolute atomic E-state index is 0.0524. The van der Waals surface area contributed by atoms with E-state index in [1.54, 1.807) is 23.8 Å². The molecule has 0 radical (unpaired) electrons. The summed E-state index contributed by atoms with van der Waals surface area (Å²) in [5, 5.41) is 1.83. The maximum atomic E-state index is 11.2. The first-order chi connectivity index (χ1) is 5.88. The van der Waals surface area contributed by atoms with Gasteiger partial charge in [0.25, 0.3) is 5.56 Å². The van der Waals surface area contributed by atoms with Crippen molar-refractivity contribution in [1.82, 2.24) is 9.55 Å². The van der Waals surface area contributed by atoms with Crippen LogP contribution in [-0.2, 0) is 0 Å². The molecule has 0 N–H and O–H groups in total. The molecule has 3 nitrogen and oxygen atoms in total. The van der Waals surface area contributed by atoms with Crippen molar-refractivity contribution >= 4 is 11.3 Å². The molecule has 0 aromatic carbocycles. The molecule has 0 amide bonds. The largest absolute Gasteiger partial charge is 0.269 e. The van der Waals surface area contributed by atoms with Crippen LogP contribution in [0.5, 0.6) is 0 Å². The van der Waals surface area contributed by atoms with Crippen LogP contribution in [0.4, 0.5) is 0 Å². The lowest BCUT2D eigenvalue weighted by Crippen LogP contribution is -2.15. The fraction of sp³-hybridized carbons (Fsp3) is 0. The lowest BCUT2D eigenvalue weighted by atomic mass is 10.5. The topological polar surface area (TPSA) is 34.9 Å². The first kappa shape index (κ1) is 7.24. The second-order valence-corrected chi connectivity index (χ2v) is 2.97. The van der Waals surface area contributed by atoms with Crippen LogP contribution in [0, 0.1) is 0 Å². The van der Waals surface area contributed by atoms with Crippen LogP contribution < -0.4 is 5.56 Å². The maximum Gasteiger partial charge on any atom is 0.256 e. The summed E-state index contributed by atoms with van der Waals surface area (Å²) in [6.07, 6.45) is 1.71. The number of nitrogens with zero attached hydrogens (tertiary/aromatic N) is 2. The highest BCUT2D eigenvalue weighted by atomic mass is 32.1. The van der Waals surface area contributed by atoms with Gasteiger partial charge >= 0.3 is 0 Å². The molecule has 0 fully saturated rings. The molecule has 0 spiro atoms. The first-order valence-electron chi connectivity index (χ1n) is 3.44. The summed E-state index contributed by atoms with van der Waals surface area (Å²) in [7, 11) is 0. The zero-order valence-corrected chi connectivity index (χ0v) is 6.99. The van der Waals surface area contributed by atoms with Crippen molar-refractivity contribution in [3.8, 4) is 5.82 Å². The Morgan fingerprint density at radius 2 is 2.33 bits per heavy atom. The van der Waals surface area contributed by atoms with Gasteiger partial charge in [0.05, 0.1) is 5.51 Å². The Kier molecular flexibility index (Phi) is 1.75. The minimum Gasteiger partial charge on any atom is -0.269 e. The summed E-state index contributed by atoms with van der Waals surface area (Å²) in [4.78, 5) is 15.3. The monoisotopic (exact) mass is 178 g/mol. The van der Waals surface area contributed by atoms with Gasteiger partial charge in [0.1, 0.15) is 0 Å². The van der Waals surface area contributed by atoms with Crippen molar-refractivity contribution < 1.29 is 0 Å². The van der Waals surface area contributed by atoms with Crippen LogP contribution in [0.25, 0.3) is 5.82 Å². The van der Waals surface area contributed by atoms with Gasteiger partial charge in [-0.15, -0.1) is 11.3 Å². The lowest BCUT2D eigenvalue weighted by Gasteiger charge is -1.97. The third-order valence-corrected chi connectivity index (χ3v) is 2.06. The van der Waals surface area contributed by atoms with E-state index in [2.05, 4.69) is 4.98 Å². The zero-order valence-electron chi connectivity index (χ0n) is 6.18. The van der Waals surface area contributed by atoms with Gasteiger partial charge in [-0.3, -0.25) is 9.36 Å². The normalized spacial score (nSPS) is 10.0. The van der Waals surface area contributed by atoms with E-state index >= 15 is 0 Å². The van der Waals surface area contributed by atoms with Gasteiger partial charge in [-0.2, -0.15) is 0 Å². The average Bonchev–Trinajstić information content (AvgIpc) is 2.57. The predicted octanol–water partition coefficient (Wildman–Crippen LogP) is 1.29. The summed E-state index contributed by atoms with van der Waals surface area (Å²) in [5.74, 6) is 0.686. The minimum atomic E-state index is -0.0524. The number of thiazole rings is 1. The van der Waals surface area contributed by atoms with E-state index in [0.29, 0.717) is 5.82 Å². The number of hydrogen-bond donors (Lipinski definition) is 0. The van der Waals surface area contributed by atoms with E-state index in [4.69, 9.17) is 0 Å². The van der Waals surface area contributed by atoms with Crippen molar-refractivity contribution in [1.29, 1.82) is 0 Å². The summed E-state index contributed by atoms with van der Waals surface area (Å²) in [6.45, 7) is 0. The van der Waals surface area contributed by atoms with Crippen molar-refractivity contribution in [2.24, 2.45) is 0 Å². The molecule has 0 unspecified atom stereocenters. The second-order valence-electron chi connectivity index (χ2n) is 2.26. The molecule has 2 heterocycles. The summed E-state index contributed by atoms with van der Waals surface area (Å²) in [6, 6.07) is 5.03. The Morgan fingerprint density at radius 1 is 1.42 bits per heavy atom. The standard InChI is InChI=1S/C8H6N2OS/c11-8-3-1-2-4-10(8)7-5-12-6-9-7/h1-6H. The van der Waals surface area contributed by atoms with E-state index in [1.165, 1.54) is 22.0 Å². The van der Waals surface area contributed by atoms with Crippen LogP contribution in [0.15, 0.2) is 40.1 Å². The van der Waals surface area contributed by atoms with Gasteiger partial charge in [0.2, 0.25) is 0 Å². The van der Waals surface area contributed by atoms with Crippen LogP contribution in [0.2, 0.25) is 0 Å². The number of aromatic nitrogens is 2. The smallest absolute Gasteiger partial charge is 0.256 e. The van der Waals surface area contributed by atoms with Gasteiger partial charge in [-0.05, 0) is 6.07 Å². The van der Waals surface area contributed by atoms with Crippen LogP contribution in [0.3, 0.4) is 0 Å². The SMILES string of the molecule is O=c1ccccn1-c1cscn1. The molecule has 12 heavy (non-hydrogen) atoms. The number of hydrogen-bond acceptors (Lipinski definition) is 3. The molecular weight excluding hydrogens is 172 g/mol. The lowest BCUT2D eigenvalue weighted by molar-refractivity contribution is 0.954. The highest BCUT2D eigenvalue weighted by Crippen LogP contribution is 2.03. The van der Waals surface area contributed by atoms with E-state index in [0.717, 1.165) is 0 Å². The molecule has 2 rings (SSSR count). The number of pyridine rings is 1. The molecule has 0 aliphatic rings. The summed E-state index contributed by atoms with van der Waals surface area (Å²) >= 11 is 1.47. The molecule has 0 aliphatic carbocycles. The Hall–Kier alpha value is -1.42. The third-order valence-electron chi connectivity index (χ3n) is 1.49. The number of rotatable bonds is 1. The van der Waals surface area contributed by atoms with E-state index in [9.17, 15) is 4.79 Å². The molecule has 4 heteroatoms. The first-order valence-corrected chi connectivity index (χ1v) is 4.38. The van der Waals surface area contributed by atoms with Gasteiger partial charge in [0.15, 0.2) is 5.82 Å². The summed E-state index contributed by atoms with van der Waals surface area (Å²) in [5.41, 5.74) is 1.65. The van der Waals surface area contributed by atoms with Gasteiger partial charge in [-0.25, -0.2) is 4.98 Å². The zero-order chi connectivity index (χ0) is 8.39. The molecule has 0 saturated heterocycles. The predicted molar refractivity (Wildman–Crippen MR) is 47.7 cm³/mol. The molecule has 0 bridgehead atoms. The Bertz CT molecular complexity index is 419. The molecule has 60 valence electrons. The van der Waals surface area contributed by atoms with Crippen molar-refractivity contribution in [3.63, 3.8) is 0 Å². The second kappa shape index (κ2) is 2.91. The van der Waals surface area contributed by atoms with E-state index in [1.807, 2.05) is 5.38 Å². The van der Waals surface area contributed by atoms with Gasteiger partial charge < -0.3 is 0 Å². The quantitative estimate of drug-likeness (QED) is 0.659. The molecular formula is C8H6N2OS.